The summed E-state index contributed by atoms with van der Waals surface area (Å²) in [6.07, 6.45) is 15.3. The van der Waals surface area contributed by atoms with E-state index in [2.05, 4.69) is 52.7 Å². The number of nitrogens with zero attached hydrogens (tertiary/aromatic N) is 1. The van der Waals surface area contributed by atoms with Crippen LogP contribution < -0.4 is 0 Å². The third-order valence-electron chi connectivity index (χ3n) is 6.22. The van der Waals surface area contributed by atoms with Crippen LogP contribution in [0.4, 0.5) is 0 Å². The monoisotopic (exact) mass is 356 g/mol. The number of allylic oxidation sites excluding steroid dienone is 2. The van der Waals surface area contributed by atoms with Gasteiger partial charge in [-0.1, -0.05) is 65.7 Å². The van der Waals surface area contributed by atoms with Crippen LogP contribution in [0.25, 0.3) is 5.57 Å². The summed E-state index contributed by atoms with van der Waals surface area (Å²) in [5.41, 5.74) is 8.34. The second kappa shape index (κ2) is 9.58. The van der Waals surface area contributed by atoms with Crippen LogP contribution in [0.2, 0.25) is 0 Å². The first-order valence-electron chi connectivity index (χ1n) is 10.8. The van der Waals surface area contributed by atoms with Crippen LogP contribution in [0.15, 0.2) is 16.9 Å². The van der Waals surface area contributed by atoms with Crippen molar-refractivity contribution < 1.29 is 0 Å². The molecule has 0 amide bonds. The van der Waals surface area contributed by atoms with Gasteiger partial charge in [0.25, 0.3) is 0 Å². The molecule has 0 saturated heterocycles. The molecule has 0 fully saturated rings. The SMILES string of the molecule is CCCCCCCCCC/C(=C1/CC(C)(C)C(C)=N1)c1[nH]cc(C)c1C. The van der Waals surface area contributed by atoms with Crippen LogP contribution in [-0.2, 0) is 0 Å². The summed E-state index contributed by atoms with van der Waals surface area (Å²) in [4.78, 5) is 8.53. The molecule has 0 saturated carbocycles. The number of unbranched alkanes of at least 4 members (excludes halogenated alkanes) is 7. The minimum atomic E-state index is 0.204. The first-order valence-corrected chi connectivity index (χ1v) is 10.8. The fraction of sp³-hybridized carbons (Fsp3) is 0.708. The van der Waals surface area contributed by atoms with Crippen molar-refractivity contribution in [3.05, 3.63) is 28.7 Å². The second-order valence-electron chi connectivity index (χ2n) is 8.88. The van der Waals surface area contributed by atoms with Gasteiger partial charge in [-0.05, 0) is 50.3 Å². The summed E-state index contributed by atoms with van der Waals surface area (Å²) in [5, 5.41) is 0. The number of hydrogen-bond acceptors (Lipinski definition) is 1. The molecule has 0 spiro atoms. The summed E-state index contributed by atoms with van der Waals surface area (Å²) >= 11 is 0. The van der Waals surface area contributed by atoms with E-state index in [1.807, 2.05) is 0 Å². The summed E-state index contributed by atoms with van der Waals surface area (Å²) < 4.78 is 0. The minimum Gasteiger partial charge on any atom is -0.361 e. The first-order chi connectivity index (χ1) is 12.4. The van der Waals surface area contributed by atoms with Gasteiger partial charge >= 0.3 is 0 Å². The maximum absolute atomic E-state index is 4.99. The molecule has 0 radical (unpaired) electrons. The molecule has 146 valence electrons. The number of aromatic amines is 1. The van der Waals surface area contributed by atoms with E-state index >= 15 is 0 Å². The molecule has 0 bridgehead atoms. The Balaban J connectivity index is 2.01. The fourth-order valence-electron chi connectivity index (χ4n) is 3.87. The van der Waals surface area contributed by atoms with Gasteiger partial charge in [0.05, 0.1) is 0 Å². The van der Waals surface area contributed by atoms with Crippen LogP contribution in [0.1, 0.15) is 109 Å². The zero-order chi connectivity index (χ0) is 19.2. The van der Waals surface area contributed by atoms with E-state index in [9.17, 15) is 0 Å². The van der Waals surface area contributed by atoms with Gasteiger partial charge in [0.1, 0.15) is 0 Å². The van der Waals surface area contributed by atoms with Crippen molar-refractivity contribution in [2.45, 2.75) is 106 Å². The lowest BCUT2D eigenvalue weighted by Gasteiger charge is -2.17. The Hall–Kier alpha value is -1.31. The van der Waals surface area contributed by atoms with E-state index in [1.165, 1.54) is 85.2 Å². The Morgan fingerprint density at radius 2 is 1.62 bits per heavy atom. The molecule has 2 heteroatoms. The zero-order valence-electron chi connectivity index (χ0n) is 18.1. The van der Waals surface area contributed by atoms with Crippen LogP contribution in [0.5, 0.6) is 0 Å². The predicted octanol–water partition coefficient (Wildman–Crippen LogP) is 7.76. The number of aryl methyl sites for hydroxylation is 1. The van der Waals surface area contributed by atoms with E-state index < -0.39 is 0 Å². The van der Waals surface area contributed by atoms with Crippen LogP contribution in [0, 0.1) is 19.3 Å². The van der Waals surface area contributed by atoms with E-state index in [0.717, 1.165) is 12.8 Å². The summed E-state index contributed by atoms with van der Waals surface area (Å²) in [5.74, 6) is 0. The Morgan fingerprint density at radius 3 is 2.12 bits per heavy atom. The van der Waals surface area contributed by atoms with Gasteiger partial charge in [-0.3, -0.25) is 4.99 Å². The maximum atomic E-state index is 4.99. The molecular weight excluding hydrogens is 316 g/mol. The Labute approximate surface area is 161 Å². The maximum Gasteiger partial charge on any atom is 0.0464 e. The average molecular weight is 357 g/mol. The Bertz CT molecular complexity index is 643. The van der Waals surface area contributed by atoms with E-state index in [4.69, 9.17) is 4.99 Å². The summed E-state index contributed by atoms with van der Waals surface area (Å²) in [6, 6.07) is 0. The van der Waals surface area contributed by atoms with Crippen LogP contribution >= 0.6 is 0 Å². The number of hydrogen-bond donors (Lipinski definition) is 1. The average Bonchev–Trinajstić information content (AvgIpc) is 3.05. The third-order valence-corrected chi connectivity index (χ3v) is 6.22. The lowest BCUT2D eigenvalue weighted by atomic mass is 9.85. The molecule has 1 aromatic heterocycles. The molecule has 2 rings (SSSR count). The van der Waals surface area contributed by atoms with Crippen molar-refractivity contribution >= 4 is 11.3 Å². The third kappa shape index (κ3) is 5.34. The Kier molecular flexibility index (Phi) is 7.73. The normalized spacial score (nSPS) is 18.3. The lowest BCUT2D eigenvalue weighted by Crippen LogP contribution is -2.15. The standard InChI is InChI=1S/C24H40N2/c1-7-8-9-10-11-12-13-14-15-21(23-19(3)18(2)17-25-23)22-16-24(5,6)20(4)26-22/h17,25H,7-16H2,1-6H3/b22-21+. The minimum absolute atomic E-state index is 0.204. The molecule has 1 aliphatic heterocycles. The highest BCUT2D eigenvalue weighted by Gasteiger charge is 2.31. The lowest BCUT2D eigenvalue weighted by molar-refractivity contribution is 0.538. The van der Waals surface area contributed by atoms with E-state index in [-0.39, 0.29) is 5.41 Å². The van der Waals surface area contributed by atoms with Crippen molar-refractivity contribution in [3.8, 4) is 0 Å². The molecule has 0 aromatic carbocycles. The van der Waals surface area contributed by atoms with Gasteiger partial charge in [0.2, 0.25) is 0 Å². The number of rotatable bonds is 10. The second-order valence-corrected chi connectivity index (χ2v) is 8.88. The molecule has 0 atom stereocenters. The van der Waals surface area contributed by atoms with Crippen molar-refractivity contribution in [2.75, 3.05) is 0 Å². The zero-order valence-corrected chi connectivity index (χ0v) is 18.1. The van der Waals surface area contributed by atoms with Crippen molar-refractivity contribution in [1.29, 1.82) is 0 Å². The highest BCUT2D eigenvalue weighted by molar-refractivity contribution is 5.92. The largest absolute Gasteiger partial charge is 0.361 e. The molecular formula is C24H40N2. The van der Waals surface area contributed by atoms with Crippen molar-refractivity contribution in [1.82, 2.24) is 4.98 Å². The molecule has 0 unspecified atom stereocenters. The number of H-pyrrole nitrogens is 1. The topological polar surface area (TPSA) is 28.1 Å². The number of aromatic nitrogens is 1. The molecule has 1 N–H and O–H groups in total. The fourth-order valence-corrected chi connectivity index (χ4v) is 3.87. The van der Waals surface area contributed by atoms with Gasteiger partial charge in [-0.2, -0.15) is 0 Å². The molecule has 26 heavy (non-hydrogen) atoms. The Morgan fingerprint density at radius 1 is 1.00 bits per heavy atom. The summed E-state index contributed by atoms with van der Waals surface area (Å²) in [7, 11) is 0. The number of nitrogens with one attached hydrogen (secondary N) is 1. The first kappa shape index (κ1) is 21.0. The highest BCUT2D eigenvalue weighted by atomic mass is 14.8. The number of aliphatic imine (C=N–C) groups is 1. The van der Waals surface area contributed by atoms with Crippen molar-refractivity contribution in [2.24, 2.45) is 10.4 Å². The van der Waals surface area contributed by atoms with Gasteiger partial charge in [-0.25, -0.2) is 0 Å². The van der Waals surface area contributed by atoms with Gasteiger partial charge in [-0.15, -0.1) is 0 Å². The van der Waals surface area contributed by atoms with Gasteiger partial charge in [0.15, 0.2) is 0 Å². The molecule has 2 heterocycles. The van der Waals surface area contributed by atoms with Gasteiger partial charge in [0, 0.05) is 35.1 Å². The predicted molar refractivity (Wildman–Crippen MR) is 116 cm³/mol. The van der Waals surface area contributed by atoms with Gasteiger partial charge < -0.3 is 4.98 Å². The molecule has 2 nitrogen and oxygen atoms in total. The van der Waals surface area contributed by atoms with E-state index in [0.29, 0.717) is 0 Å². The quantitative estimate of drug-likeness (QED) is 0.415. The van der Waals surface area contributed by atoms with Crippen LogP contribution in [-0.4, -0.2) is 10.7 Å². The molecule has 1 aromatic rings. The van der Waals surface area contributed by atoms with Crippen LogP contribution in [0.3, 0.4) is 0 Å². The van der Waals surface area contributed by atoms with E-state index in [1.54, 1.807) is 0 Å². The smallest absolute Gasteiger partial charge is 0.0464 e. The van der Waals surface area contributed by atoms with Crippen molar-refractivity contribution in [3.63, 3.8) is 0 Å². The molecule has 0 aliphatic carbocycles. The summed E-state index contributed by atoms with van der Waals surface area (Å²) in [6.45, 7) is 13.5. The molecule has 1 aliphatic rings. The highest BCUT2D eigenvalue weighted by Crippen LogP contribution is 2.40.